The van der Waals surface area contributed by atoms with Crippen LogP contribution in [0.15, 0.2) is 24.3 Å². The van der Waals surface area contributed by atoms with Crippen molar-refractivity contribution >= 4 is 11.6 Å². The summed E-state index contributed by atoms with van der Waals surface area (Å²) in [6.45, 7) is 0. The van der Waals surface area contributed by atoms with E-state index in [-0.39, 0.29) is 0 Å². The molecule has 0 aliphatic carbocycles. The highest BCUT2D eigenvalue weighted by atomic mass is 35.5. The zero-order valence-corrected chi connectivity index (χ0v) is 7.99. The highest BCUT2D eigenvalue weighted by molar-refractivity contribution is 6.30. The average molecular weight is 202 g/mol. The molecule has 2 unspecified atom stereocenters. The first kappa shape index (κ1) is 10.5. The van der Waals surface area contributed by atoms with Crippen molar-refractivity contribution in [2.75, 3.05) is 7.05 Å². The third-order valence-electron chi connectivity index (χ3n) is 1.79. The molecule has 1 aromatic rings. The van der Waals surface area contributed by atoms with Crippen LogP contribution in [0.25, 0.3) is 0 Å². The molecular formula is C9H12ClNO2. The van der Waals surface area contributed by atoms with Gasteiger partial charge in [0.1, 0.15) is 12.3 Å². The normalized spacial score (nSPS) is 15.4. The Morgan fingerprint density at radius 2 is 2.08 bits per heavy atom. The molecule has 2 atom stereocenters. The van der Waals surface area contributed by atoms with E-state index in [1.54, 1.807) is 31.3 Å². The zero-order chi connectivity index (χ0) is 9.84. The summed E-state index contributed by atoms with van der Waals surface area (Å²) in [5.41, 5.74) is 0.592. The number of aliphatic hydroxyl groups is 2. The molecule has 1 aromatic carbocycles. The molecule has 3 N–H and O–H groups in total. The Hall–Kier alpha value is -0.610. The number of hydrogen-bond donors (Lipinski definition) is 3. The quantitative estimate of drug-likeness (QED) is 0.638. The molecule has 0 aromatic heterocycles. The van der Waals surface area contributed by atoms with Crippen LogP contribution in [0, 0.1) is 0 Å². The third kappa shape index (κ3) is 2.67. The van der Waals surface area contributed by atoms with Crippen LogP contribution in [0.1, 0.15) is 11.7 Å². The second-order valence-corrected chi connectivity index (χ2v) is 3.17. The number of hydrogen-bond acceptors (Lipinski definition) is 3. The lowest BCUT2D eigenvalue weighted by molar-refractivity contribution is 0.00189. The van der Waals surface area contributed by atoms with Gasteiger partial charge in [-0.1, -0.05) is 23.7 Å². The monoisotopic (exact) mass is 201 g/mol. The molecule has 0 heterocycles. The number of aliphatic hydroxyl groups excluding tert-OH is 2. The number of likely N-dealkylation sites (N-methyl/N-ethyl adjacent to an activating group) is 1. The molecule has 0 spiro atoms. The van der Waals surface area contributed by atoms with Gasteiger partial charge in [-0.2, -0.15) is 0 Å². The summed E-state index contributed by atoms with van der Waals surface area (Å²) in [5.74, 6) is 0. The maximum absolute atomic E-state index is 9.54. The SMILES string of the molecule is CNC(O)C(O)c1cccc(Cl)c1. The van der Waals surface area contributed by atoms with E-state index in [9.17, 15) is 10.2 Å². The molecule has 13 heavy (non-hydrogen) atoms. The van der Waals surface area contributed by atoms with Gasteiger partial charge in [-0.15, -0.1) is 0 Å². The minimum Gasteiger partial charge on any atom is -0.384 e. The maximum Gasteiger partial charge on any atom is 0.135 e. The second kappa shape index (κ2) is 4.58. The van der Waals surface area contributed by atoms with E-state index in [0.29, 0.717) is 10.6 Å². The summed E-state index contributed by atoms with van der Waals surface area (Å²) in [7, 11) is 1.57. The molecule has 0 fully saturated rings. The van der Waals surface area contributed by atoms with Crippen molar-refractivity contribution in [2.45, 2.75) is 12.3 Å². The van der Waals surface area contributed by atoms with Gasteiger partial charge in [0.05, 0.1) is 0 Å². The Kier molecular flexibility index (Phi) is 3.69. The minimum atomic E-state index is -0.974. The van der Waals surface area contributed by atoms with Gasteiger partial charge in [0.2, 0.25) is 0 Å². The van der Waals surface area contributed by atoms with Crippen LogP contribution in [0.4, 0.5) is 0 Å². The van der Waals surface area contributed by atoms with Crippen LogP contribution in [0.2, 0.25) is 5.02 Å². The highest BCUT2D eigenvalue weighted by Gasteiger charge is 2.15. The Morgan fingerprint density at radius 1 is 1.38 bits per heavy atom. The summed E-state index contributed by atoms with van der Waals surface area (Å²) >= 11 is 5.72. The van der Waals surface area contributed by atoms with Gasteiger partial charge in [0.25, 0.3) is 0 Å². The summed E-state index contributed by atoms with van der Waals surface area (Å²) in [5, 5.41) is 21.9. The Balaban J connectivity index is 2.82. The van der Waals surface area contributed by atoms with Crippen molar-refractivity contribution in [1.29, 1.82) is 0 Å². The average Bonchev–Trinajstić information content (AvgIpc) is 2.15. The fourth-order valence-electron chi connectivity index (χ4n) is 1.03. The van der Waals surface area contributed by atoms with E-state index in [1.807, 2.05) is 0 Å². The fraction of sp³-hybridized carbons (Fsp3) is 0.333. The van der Waals surface area contributed by atoms with E-state index in [1.165, 1.54) is 0 Å². The molecular weight excluding hydrogens is 190 g/mol. The van der Waals surface area contributed by atoms with Gasteiger partial charge < -0.3 is 10.2 Å². The zero-order valence-electron chi connectivity index (χ0n) is 7.24. The number of nitrogens with one attached hydrogen (secondary N) is 1. The predicted molar refractivity (Wildman–Crippen MR) is 51.5 cm³/mol. The summed E-state index contributed by atoms with van der Waals surface area (Å²) in [6, 6.07) is 6.76. The smallest absolute Gasteiger partial charge is 0.135 e. The predicted octanol–water partition coefficient (Wildman–Crippen LogP) is 0.911. The molecule has 0 saturated heterocycles. The van der Waals surface area contributed by atoms with Crippen molar-refractivity contribution < 1.29 is 10.2 Å². The van der Waals surface area contributed by atoms with Crippen LogP contribution in [0.3, 0.4) is 0 Å². The summed E-state index contributed by atoms with van der Waals surface area (Å²) < 4.78 is 0. The van der Waals surface area contributed by atoms with Gasteiger partial charge in [-0.25, -0.2) is 0 Å². The third-order valence-corrected chi connectivity index (χ3v) is 2.02. The molecule has 0 aliphatic heterocycles. The van der Waals surface area contributed by atoms with Crippen molar-refractivity contribution in [2.24, 2.45) is 0 Å². The second-order valence-electron chi connectivity index (χ2n) is 2.73. The molecule has 72 valence electrons. The molecule has 1 rings (SSSR count). The topological polar surface area (TPSA) is 52.5 Å². The standard InChI is InChI=1S/C9H12ClNO2/c1-11-9(13)8(12)6-3-2-4-7(10)5-6/h2-5,8-9,11-13H,1H3. The van der Waals surface area contributed by atoms with Crippen molar-refractivity contribution in [1.82, 2.24) is 5.32 Å². The van der Waals surface area contributed by atoms with Crippen molar-refractivity contribution in [3.8, 4) is 0 Å². The maximum atomic E-state index is 9.54. The summed E-state index contributed by atoms with van der Waals surface area (Å²) in [4.78, 5) is 0. The van der Waals surface area contributed by atoms with Gasteiger partial charge in [0, 0.05) is 5.02 Å². The largest absolute Gasteiger partial charge is 0.384 e. The van der Waals surface area contributed by atoms with Gasteiger partial charge in [0.15, 0.2) is 0 Å². The van der Waals surface area contributed by atoms with Gasteiger partial charge in [-0.3, -0.25) is 5.32 Å². The minimum absolute atomic E-state index is 0.542. The molecule has 0 aliphatic rings. The number of benzene rings is 1. The van der Waals surface area contributed by atoms with Crippen LogP contribution >= 0.6 is 11.6 Å². The Labute approximate surface area is 82.0 Å². The Morgan fingerprint density at radius 3 is 2.62 bits per heavy atom. The van der Waals surface area contributed by atoms with E-state index >= 15 is 0 Å². The van der Waals surface area contributed by atoms with Crippen molar-refractivity contribution in [3.63, 3.8) is 0 Å². The van der Waals surface area contributed by atoms with Gasteiger partial charge in [-0.05, 0) is 24.7 Å². The summed E-state index contributed by atoms with van der Waals surface area (Å²) in [6.07, 6.45) is -1.93. The van der Waals surface area contributed by atoms with E-state index in [0.717, 1.165) is 0 Å². The first-order chi connectivity index (χ1) is 6.15. The molecule has 3 nitrogen and oxygen atoms in total. The Bertz CT molecular complexity index is 280. The molecule has 0 bridgehead atoms. The lowest BCUT2D eigenvalue weighted by Gasteiger charge is -2.17. The number of halogens is 1. The van der Waals surface area contributed by atoms with E-state index in [4.69, 9.17) is 11.6 Å². The lowest BCUT2D eigenvalue weighted by Crippen LogP contribution is -2.31. The van der Waals surface area contributed by atoms with Crippen LogP contribution in [-0.4, -0.2) is 23.5 Å². The van der Waals surface area contributed by atoms with E-state index in [2.05, 4.69) is 5.32 Å². The molecule has 0 saturated carbocycles. The van der Waals surface area contributed by atoms with E-state index < -0.39 is 12.3 Å². The van der Waals surface area contributed by atoms with Crippen LogP contribution in [-0.2, 0) is 0 Å². The highest BCUT2D eigenvalue weighted by Crippen LogP contribution is 2.19. The van der Waals surface area contributed by atoms with Crippen LogP contribution < -0.4 is 5.32 Å². The fourth-order valence-corrected chi connectivity index (χ4v) is 1.23. The first-order valence-corrected chi connectivity index (χ1v) is 4.32. The lowest BCUT2D eigenvalue weighted by atomic mass is 10.1. The van der Waals surface area contributed by atoms with Gasteiger partial charge >= 0.3 is 0 Å². The van der Waals surface area contributed by atoms with Crippen LogP contribution in [0.5, 0.6) is 0 Å². The first-order valence-electron chi connectivity index (χ1n) is 3.94. The molecule has 0 radical (unpaired) electrons. The molecule has 4 heteroatoms. The number of rotatable bonds is 3. The van der Waals surface area contributed by atoms with Crippen molar-refractivity contribution in [3.05, 3.63) is 34.9 Å². The molecule has 0 amide bonds.